The molecular weight excluding hydrogens is 268 g/mol. The average molecular weight is 288 g/mol. The second-order valence-electron chi connectivity index (χ2n) is 5.97. The van der Waals surface area contributed by atoms with Crippen molar-refractivity contribution >= 4 is 12.0 Å². The first-order valence-corrected chi connectivity index (χ1v) is 7.47. The lowest BCUT2D eigenvalue weighted by atomic mass is 10.0. The fourth-order valence-electron chi connectivity index (χ4n) is 3.23. The van der Waals surface area contributed by atoms with E-state index in [0.29, 0.717) is 19.1 Å². The molecule has 2 amide bonds. The quantitative estimate of drug-likeness (QED) is 0.864. The van der Waals surface area contributed by atoms with Crippen molar-refractivity contribution in [2.24, 2.45) is 0 Å². The first-order valence-electron chi connectivity index (χ1n) is 7.47. The third-order valence-electron chi connectivity index (χ3n) is 4.49. The highest BCUT2D eigenvalue weighted by Crippen LogP contribution is 2.27. The van der Waals surface area contributed by atoms with Crippen LogP contribution in [0.4, 0.5) is 4.79 Å². The van der Waals surface area contributed by atoms with Crippen LogP contribution in [-0.4, -0.2) is 39.5 Å². The Morgan fingerprint density at radius 3 is 2.67 bits per heavy atom. The highest BCUT2D eigenvalue weighted by molar-refractivity contribution is 5.88. The summed E-state index contributed by atoms with van der Waals surface area (Å²) in [6, 6.07) is 5.49. The monoisotopic (exact) mass is 288 g/mol. The van der Waals surface area contributed by atoms with E-state index < -0.39 is 5.97 Å². The van der Waals surface area contributed by atoms with Gasteiger partial charge < -0.3 is 14.9 Å². The molecule has 112 valence electrons. The number of aromatic carboxylic acids is 1. The molecule has 2 aliphatic heterocycles. The van der Waals surface area contributed by atoms with E-state index >= 15 is 0 Å². The molecule has 5 heteroatoms. The molecule has 3 rings (SSSR count). The number of fused-ring (bicyclic) bond motifs is 1. The maximum Gasteiger partial charge on any atom is 0.335 e. The van der Waals surface area contributed by atoms with E-state index in [-0.39, 0.29) is 11.6 Å². The molecule has 1 aromatic rings. The first kappa shape index (κ1) is 13.9. The number of carbonyl (C=O) groups excluding carboxylic acids is 1. The highest BCUT2D eigenvalue weighted by atomic mass is 16.4. The minimum absolute atomic E-state index is 0.0790. The van der Waals surface area contributed by atoms with E-state index in [1.807, 2.05) is 15.9 Å². The van der Waals surface area contributed by atoms with Gasteiger partial charge in [-0.2, -0.15) is 0 Å². The molecule has 1 fully saturated rings. The van der Waals surface area contributed by atoms with Gasteiger partial charge in [0, 0.05) is 25.7 Å². The van der Waals surface area contributed by atoms with Crippen LogP contribution in [0.2, 0.25) is 0 Å². The van der Waals surface area contributed by atoms with E-state index in [2.05, 4.69) is 6.92 Å². The van der Waals surface area contributed by atoms with Gasteiger partial charge in [0.25, 0.3) is 0 Å². The lowest BCUT2D eigenvalue weighted by Crippen LogP contribution is -2.47. The zero-order chi connectivity index (χ0) is 15.0. The lowest BCUT2D eigenvalue weighted by Gasteiger charge is -2.36. The molecule has 21 heavy (non-hydrogen) atoms. The van der Waals surface area contributed by atoms with Gasteiger partial charge in [-0.3, -0.25) is 0 Å². The van der Waals surface area contributed by atoms with Gasteiger partial charge >= 0.3 is 12.0 Å². The molecule has 0 spiro atoms. The Morgan fingerprint density at radius 2 is 1.95 bits per heavy atom. The normalized spacial score (nSPS) is 21.3. The van der Waals surface area contributed by atoms with Crippen molar-refractivity contribution in [3.63, 3.8) is 0 Å². The number of carboxylic acids is 1. The molecule has 1 unspecified atom stereocenters. The van der Waals surface area contributed by atoms with Crippen LogP contribution in [0, 0.1) is 0 Å². The molecule has 5 nitrogen and oxygen atoms in total. The number of hydrogen-bond acceptors (Lipinski definition) is 2. The lowest BCUT2D eigenvalue weighted by molar-refractivity contribution is 0.0696. The van der Waals surface area contributed by atoms with Gasteiger partial charge in [0.05, 0.1) is 5.56 Å². The Hall–Kier alpha value is -2.04. The molecule has 2 heterocycles. The third-order valence-corrected chi connectivity index (χ3v) is 4.49. The van der Waals surface area contributed by atoms with E-state index in [1.165, 1.54) is 6.42 Å². The Labute approximate surface area is 124 Å². The molecule has 0 saturated carbocycles. The van der Waals surface area contributed by atoms with Gasteiger partial charge in [0.15, 0.2) is 0 Å². The molecule has 0 aliphatic carbocycles. The van der Waals surface area contributed by atoms with E-state index in [1.54, 1.807) is 12.1 Å². The summed E-state index contributed by atoms with van der Waals surface area (Å²) < 4.78 is 0. The predicted octanol–water partition coefficient (Wildman–Crippen LogP) is 2.69. The minimum Gasteiger partial charge on any atom is -0.478 e. The molecule has 0 aromatic heterocycles. The number of nitrogens with zero attached hydrogens (tertiary/aromatic N) is 2. The van der Waals surface area contributed by atoms with Gasteiger partial charge in [-0.25, -0.2) is 9.59 Å². The standard InChI is InChI=1S/C16H20N2O3/c1-11-4-2-3-7-18(11)16(21)17-9-13-6-5-12(15(19)20)8-14(13)10-17/h5-6,8,11H,2-4,7,9-10H2,1H3,(H,19,20). The van der Waals surface area contributed by atoms with Crippen LogP contribution in [0.1, 0.15) is 47.7 Å². The number of benzene rings is 1. The summed E-state index contributed by atoms with van der Waals surface area (Å²) >= 11 is 0. The summed E-state index contributed by atoms with van der Waals surface area (Å²) in [6.07, 6.45) is 3.32. The van der Waals surface area contributed by atoms with Crippen molar-refractivity contribution in [2.75, 3.05) is 6.54 Å². The number of hydrogen-bond donors (Lipinski definition) is 1. The number of rotatable bonds is 1. The molecule has 1 saturated heterocycles. The van der Waals surface area contributed by atoms with Gasteiger partial charge in [-0.15, -0.1) is 0 Å². The molecule has 2 aliphatic rings. The van der Waals surface area contributed by atoms with Crippen molar-refractivity contribution in [1.82, 2.24) is 9.80 Å². The summed E-state index contributed by atoms with van der Waals surface area (Å²) in [5.41, 5.74) is 2.29. The van der Waals surface area contributed by atoms with Crippen LogP contribution < -0.4 is 0 Å². The topological polar surface area (TPSA) is 60.9 Å². The first-order chi connectivity index (χ1) is 10.1. The molecule has 0 bridgehead atoms. The largest absolute Gasteiger partial charge is 0.478 e. The third kappa shape index (κ3) is 2.60. The van der Waals surface area contributed by atoms with Crippen molar-refractivity contribution in [2.45, 2.75) is 45.3 Å². The van der Waals surface area contributed by atoms with Crippen LogP contribution in [0.3, 0.4) is 0 Å². The van der Waals surface area contributed by atoms with E-state index in [4.69, 9.17) is 5.11 Å². The SMILES string of the molecule is CC1CCCCN1C(=O)N1Cc2ccc(C(=O)O)cc2C1. The van der Waals surface area contributed by atoms with Crippen LogP contribution in [0.25, 0.3) is 0 Å². The van der Waals surface area contributed by atoms with Gasteiger partial charge in [0.2, 0.25) is 0 Å². The maximum atomic E-state index is 12.6. The van der Waals surface area contributed by atoms with Gasteiger partial charge in [-0.1, -0.05) is 6.07 Å². The zero-order valence-corrected chi connectivity index (χ0v) is 12.2. The number of urea groups is 1. The molecule has 1 N–H and O–H groups in total. The fourth-order valence-corrected chi connectivity index (χ4v) is 3.23. The number of piperidine rings is 1. The summed E-state index contributed by atoms with van der Waals surface area (Å²) in [6.45, 7) is 4.02. The predicted molar refractivity (Wildman–Crippen MR) is 78.1 cm³/mol. The van der Waals surface area contributed by atoms with Crippen molar-refractivity contribution in [3.05, 3.63) is 34.9 Å². The smallest absolute Gasteiger partial charge is 0.335 e. The molecule has 1 atom stereocenters. The average Bonchev–Trinajstić information content (AvgIpc) is 2.89. The second kappa shape index (κ2) is 5.39. The Bertz CT molecular complexity index is 585. The van der Waals surface area contributed by atoms with E-state index in [0.717, 1.165) is 30.5 Å². The van der Waals surface area contributed by atoms with Crippen molar-refractivity contribution in [3.8, 4) is 0 Å². The number of carbonyl (C=O) groups is 2. The Balaban J connectivity index is 1.74. The Kier molecular flexibility index (Phi) is 3.57. The Morgan fingerprint density at radius 1 is 1.19 bits per heavy atom. The maximum absolute atomic E-state index is 12.6. The van der Waals surface area contributed by atoms with E-state index in [9.17, 15) is 9.59 Å². The van der Waals surface area contributed by atoms with Gasteiger partial charge in [-0.05, 0) is 49.4 Å². The summed E-state index contributed by atoms with van der Waals surface area (Å²) in [5.74, 6) is -0.924. The number of likely N-dealkylation sites (tertiary alicyclic amines) is 1. The molecular formula is C16H20N2O3. The second-order valence-corrected chi connectivity index (χ2v) is 5.97. The van der Waals surface area contributed by atoms with Crippen LogP contribution in [0.5, 0.6) is 0 Å². The zero-order valence-electron chi connectivity index (χ0n) is 12.2. The minimum atomic E-state index is -0.924. The van der Waals surface area contributed by atoms with Crippen LogP contribution >= 0.6 is 0 Å². The van der Waals surface area contributed by atoms with Crippen molar-refractivity contribution in [1.29, 1.82) is 0 Å². The van der Waals surface area contributed by atoms with Crippen LogP contribution in [0.15, 0.2) is 18.2 Å². The number of carboxylic acid groups (broad SMARTS) is 1. The summed E-state index contributed by atoms with van der Waals surface area (Å²) in [4.78, 5) is 27.4. The molecule has 1 aromatic carbocycles. The molecule has 0 radical (unpaired) electrons. The number of amides is 2. The van der Waals surface area contributed by atoms with Crippen LogP contribution in [-0.2, 0) is 13.1 Å². The highest BCUT2D eigenvalue weighted by Gasteiger charge is 2.31. The fraction of sp³-hybridized carbons (Fsp3) is 0.500. The van der Waals surface area contributed by atoms with Crippen molar-refractivity contribution < 1.29 is 14.7 Å². The van der Waals surface area contributed by atoms with Gasteiger partial charge in [0.1, 0.15) is 0 Å². The summed E-state index contributed by atoms with van der Waals surface area (Å²) in [5, 5.41) is 9.04. The summed E-state index contributed by atoms with van der Waals surface area (Å²) in [7, 11) is 0.